The summed E-state index contributed by atoms with van der Waals surface area (Å²) in [5.41, 5.74) is 5.80. The van der Waals surface area contributed by atoms with Crippen LogP contribution in [-0.2, 0) is 9.84 Å². The minimum atomic E-state index is -3.22. The molecule has 1 aromatic carbocycles. The minimum absolute atomic E-state index is 0.114. The van der Waals surface area contributed by atoms with Gasteiger partial charge in [0.2, 0.25) is 0 Å². The molecule has 6 heteroatoms. The lowest BCUT2D eigenvalue weighted by atomic mass is 10.2. The smallest absolute Gasteiger partial charge is 0.251 e. The molecule has 1 rings (SSSR count). The van der Waals surface area contributed by atoms with Gasteiger partial charge >= 0.3 is 0 Å². The van der Waals surface area contributed by atoms with Crippen LogP contribution in [0.15, 0.2) is 29.2 Å². The topological polar surface area (TPSA) is 89.3 Å². The lowest BCUT2D eigenvalue weighted by Crippen LogP contribution is -2.37. The molecule has 1 amide bonds. The highest BCUT2D eigenvalue weighted by Gasteiger charge is 2.11. The van der Waals surface area contributed by atoms with Crippen molar-refractivity contribution in [2.24, 2.45) is 5.73 Å². The molecule has 1 aromatic rings. The Bertz CT molecular complexity index is 494. The molecular formula is C11H16N2O3S. The van der Waals surface area contributed by atoms with Crippen molar-refractivity contribution in [3.05, 3.63) is 29.8 Å². The zero-order chi connectivity index (χ0) is 13.1. The molecule has 0 saturated carbocycles. The van der Waals surface area contributed by atoms with Crippen LogP contribution in [0.4, 0.5) is 0 Å². The van der Waals surface area contributed by atoms with Crippen LogP contribution in [0.25, 0.3) is 0 Å². The maximum atomic E-state index is 11.7. The van der Waals surface area contributed by atoms with E-state index in [-0.39, 0.29) is 16.8 Å². The van der Waals surface area contributed by atoms with Gasteiger partial charge < -0.3 is 11.1 Å². The van der Waals surface area contributed by atoms with E-state index in [1.807, 2.05) is 0 Å². The third kappa shape index (κ3) is 3.83. The Kier molecular flexibility index (Phi) is 4.25. The standard InChI is InChI=1S/C11H16N2O3S/c1-8(7-12)13-11(14)9-3-5-10(6-4-9)17(2,15)16/h3-6,8H,7,12H2,1-2H3,(H,13,14). The van der Waals surface area contributed by atoms with Crippen molar-refractivity contribution < 1.29 is 13.2 Å². The Morgan fingerprint density at radius 1 is 1.35 bits per heavy atom. The predicted molar refractivity (Wildman–Crippen MR) is 65.5 cm³/mol. The van der Waals surface area contributed by atoms with Crippen molar-refractivity contribution in [2.75, 3.05) is 12.8 Å². The van der Waals surface area contributed by atoms with Crippen LogP contribution in [-0.4, -0.2) is 33.2 Å². The molecule has 3 N–H and O–H groups in total. The fourth-order valence-corrected chi connectivity index (χ4v) is 1.85. The fraction of sp³-hybridized carbons (Fsp3) is 0.364. The molecule has 0 bridgehead atoms. The number of nitrogens with two attached hydrogens (primary N) is 1. The van der Waals surface area contributed by atoms with Crippen LogP contribution in [0.2, 0.25) is 0 Å². The van der Waals surface area contributed by atoms with Crippen LogP contribution < -0.4 is 11.1 Å². The summed E-state index contributed by atoms with van der Waals surface area (Å²) in [5, 5.41) is 2.69. The first-order valence-corrected chi connectivity index (χ1v) is 7.05. The molecule has 0 radical (unpaired) electrons. The van der Waals surface area contributed by atoms with Crippen LogP contribution in [0.1, 0.15) is 17.3 Å². The SMILES string of the molecule is CC(CN)NC(=O)c1ccc(S(C)(=O)=O)cc1. The quantitative estimate of drug-likeness (QED) is 0.803. The predicted octanol–water partition coefficient (Wildman–Crippen LogP) is 0.167. The van der Waals surface area contributed by atoms with Gasteiger partial charge in [0, 0.05) is 24.4 Å². The van der Waals surface area contributed by atoms with Gasteiger partial charge in [-0.1, -0.05) is 0 Å². The molecule has 0 heterocycles. The molecule has 0 fully saturated rings. The summed E-state index contributed by atoms with van der Waals surface area (Å²) in [5.74, 6) is -0.261. The van der Waals surface area contributed by atoms with Crippen molar-refractivity contribution in [2.45, 2.75) is 17.9 Å². The van der Waals surface area contributed by atoms with Gasteiger partial charge in [-0.05, 0) is 31.2 Å². The monoisotopic (exact) mass is 256 g/mol. The summed E-state index contributed by atoms with van der Waals surface area (Å²) in [6.07, 6.45) is 1.12. The Morgan fingerprint density at radius 3 is 2.29 bits per heavy atom. The Hall–Kier alpha value is -1.40. The first-order chi connectivity index (χ1) is 7.84. The van der Waals surface area contributed by atoms with Crippen molar-refractivity contribution in [1.29, 1.82) is 0 Å². The van der Waals surface area contributed by atoms with Crippen molar-refractivity contribution in [3.8, 4) is 0 Å². The number of rotatable bonds is 4. The molecule has 0 aliphatic rings. The van der Waals surface area contributed by atoms with E-state index >= 15 is 0 Å². The lowest BCUT2D eigenvalue weighted by molar-refractivity contribution is 0.0941. The summed E-state index contributed by atoms with van der Waals surface area (Å²) < 4.78 is 22.4. The zero-order valence-corrected chi connectivity index (χ0v) is 10.6. The van der Waals surface area contributed by atoms with Gasteiger partial charge in [-0.25, -0.2) is 8.42 Å². The number of hydrogen-bond acceptors (Lipinski definition) is 4. The number of sulfone groups is 1. The molecule has 0 aliphatic heterocycles. The highest BCUT2D eigenvalue weighted by atomic mass is 32.2. The molecule has 0 aliphatic carbocycles. The van der Waals surface area contributed by atoms with E-state index in [4.69, 9.17) is 5.73 Å². The maximum Gasteiger partial charge on any atom is 0.251 e. The van der Waals surface area contributed by atoms with E-state index in [1.54, 1.807) is 6.92 Å². The summed E-state index contributed by atoms with van der Waals surface area (Å²) in [7, 11) is -3.22. The fourth-order valence-electron chi connectivity index (χ4n) is 1.22. The Balaban J connectivity index is 2.85. The normalized spacial score (nSPS) is 13.1. The van der Waals surface area contributed by atoms with Gasteiger partial charge in [0.05, 0.1) is 4.90 Å². The van der Waals surface area contributed by atoms with Crippen LogP contribution in [0.5, 0.6) is 0 Å². The summed E-state index contributed by atoms with van der Waals surface area (Å²) in [6, 6.07) is 5.68. The highest BCUT2D eigenvalue weighted by molar-refractivity contribution is 7.90. The highest BCUT2D eigenvalue weighted by Crippen LogP contribution is 2.10. The number of hydrogen-bond donors (Lipinski definition) is 2. The summed E-state index contributed by atoms with van der Waals surface area (Å²) >= 11 is 0. The Morgan fingerprint density at radius 2 is 1.88 bits per heavy atom. The summed E-state index contributed by atoms with van der Waals surface area (Å²) in [6.45, 7) is 2.15. The number of carbonyl (C=O) groups is 1. The zero-order valence-electron chi connectivity index (χ0n) is 9.80. The van der Waals surface area contributed by atoms with E-state index in [2.05, 4.69) is 5.32 Å². The van der Waals surface area contributed by atoms with Crippen LogP contribution >= 0.6 is 0 Å². The molecule has 0 aromatic heterocycles. The maximum absolute atomic E-state index is 11.7. The van der Waals surface area contributed by atoms with Crippen LogP contribution in [0, 0.1) is 0 Å². The average Bonchev–Trinajstić information content (AvgIpc) is 2.27. The molecule has 1 unspecified atom stereocenters. The Labute approximate surface area is 101 Å². The van der Waals surface area contributed by atoms with Crippen LogP contribution in [0.3, 0.4) is 0 Å². The van der Waals surface area contributed by atoms with E-state index in [9.17, 15) is 13.2 Å². The molecule has 94 valence electrons. The van der Waals surface area contributed by atoms with Crippen molar-refractivity contribution >= 4 is 15.7 Å². The molecule has 0 saturated heterocycles. The van der Waals surface area contributed by atoms with E-state index in [1.165, 1.54) is 24.3 Å². The van der Waals surface area contributed by atoms with Gasteiger partial charge in [-0.3, -0.25) is 4.79 Å². The van der Waals surface area contributed by atoms with Gasteiger partial charge in [0.15, 0.2) is 9.84 Å². The second-order valence-electron chi connectivity index (χ2n) is 3.91. The van der Waals surface area contributed by atoms with Gasteiger partial charge in [-0.2, -0.15) is 0 Å². The first-order valence-electron chi connectivity index (χ1n) is 5.15. The molecule has 0 spiro atoms. The van der Waals surface area contributed by atoms with E-state index < -0.39 is 9.84 Å². The first kappa shape index (κ1) is 13.7. The van der Waals surface area contributed by atoms with Crippen molar-refractivity contribution in [1.82, 2.24) is 5.32 Å². The third-order valence-corrected chi connectivity index (χ3v) is 3.40. The molecule has 17 heavy (non-hydrogen) atoms. The number of benzene rings is 1. The lowest BCUT2D eigenvalue weighted by Gasteiger charge is -2.11. The van der Waals surface area contributed by atoms with E-state index in [0.29, 0.717) is 12.1 Å². The summed E-state index contributed by atoms with van der Waals surface area (Å²) in [4.78, 5) is 11.9. The van der Waals surface area contributed by atoms with E-state index in [0.717, 1.165) is 6.26 Å². The number of carbonyl (C=O) groups excluding carboxylic acids is 1. The number of amides is 1. The second kappa shape index (κ2) is 5.29. The molecular weight excluding hydrogens is 240 g/mol. The molecule has 5 nitrogen and oxygen atoms in total. The second-order valence-corrected chi connectivity index (χ2v) is 5.92. The average molecular weight is 256 g/mol. The van der Waals surface area contributed by atoms with Crippen molar-refractivity contribution in [3.63, 3.8) is 0 Å². The number of nitrogens with one attached hydrogen (secondary N) is 1. The minimum Gasteiger partial charge on any atom is -0.348 e. The van der Waals surface area contributed by atoms with Gasteiger partial charge in [0.25, 0.3) is 5.91 Å². The third-order valence-electron chi connectivity index (χ3n) is 2.28. The largest absolute Gasteiger partial charge is 0.348 e. The van der Waals surface area contributed by atoms with Gasteiger partial charge in [-0.15, -0.1) is 0 Å². The molecule has 1 atom stereocenters. The van der Waals surface area contributed by atoms with Gasteiger partial charge in [0.1, 0.15) is 0 Å².